The third kappa shape index (κ3) is 3.37. The summed E-state index contributed by atoms with van der Waals surface area (Å²) in [4.78, 5) is 2.78. The van der Waals surface area contributed by atoms with Gasteiger partial charge in [-0.2, -0.15) is 0 Å². The molecule has 20 heavy (non-hydrogen) atoms. The molecule has 0 aromatic heterocycles. The Morgan fingerprint density at radius 3 is 2.70 bits per heavy atom. The number of likely N-dealkylation sites (tertiary alicyclic amines) is 1. The highest BCUT2D eigenvalue weighted by Gasteiger charge is 2.43. The summed E-state index contributed by atoms with van der Waals surface area (Å²) in [6.45, 7) is 12.4. The second-order valence-electron chi connectivity index (χ2n) is 8.52. The van der Waals surface area contributed by atoms with Crippen molar-refractivity contribution in [3.63, 3.8) is 0 Å². The van der Waals surface area contributed by atoms with Gasteiger partial charge >= 0.3 is 0 Å². The molecule has 3 heteroatoms. The number of nitrogens with one attached hydrogen (secondary N) is 1. The van der Waals surface area contributed by atoms with Gasteiger partial charge in [-0.05, 0) is 58.8 Å². The first-order chi connectivity index (χ1) is 9.46. The number of hydrogen-bond donors (Lipinski definition) is 1. The summed E-state index contributed by atoms with van der Waals surface area (Å²) in [5.41, 5.74) is 0.546. The van der Waals surface area contributed by atoms with E-state index in [4.69, 9.17) is 4.74 Å². The van der Waals surface area contributed by atoms with Crippen LogP contribution in [0.25, 0.3) is 0 Å². The lowest BCUT2D eigenvalue weighted by Crippen LogP contribution is -2.53. The fourth-order valence-corrected chi connectivity index (χ4v) is 4.33. The van der Waals surface area contributed by atoms with Crippen LogP contribution in [0.3, 0.4) is 0 Å². The topological polar surface area (TPSA) is 24.5 Å². The fraction of sp³-hybridized carbons (Fsp3) is 1.00. The average Bonchev–Trinajstić information content (AvgIpc) is 2.99. The molecule has 116 valence electrons. The van der Waals surface area contributed by atoms with E-state index in [1.165, 1.54) is 45.2 Å². The Morgan fingerprint density at radius 2 is 2.15 bits per heavy atom. The van der Waals surface area contributed by atoms with Crippen LogP contribution in [0.2, 0.25) is 0 Å². The molecule has 2 aliphatic heterocycles. The predicted octanol–water partition coefficient (Wildman–Crippen LogP) is 2.66. The quantitative estimate of drug-likeness (QED) is 0.857. The minimum atomic E-state index is 0.203. The molecule has 1 saturated carbocycles. The molecule has 3 rings (SSSR count). The smallest absolute Gasteiger partial charge is 0.0546 e. The minimum absolute atomic E-state index is 0.203. The molecular weight excluding hydrogens is 248 g/mol. The summed E-state index contributed by atoms with van der Waals surface area (Å²) in [7, 11) is 0. The first kappa shape index (κ1) is 14.8. The second kappa shape index (κ2) is 5.58. The van der Waals surface area contributed by atoms with E-state index in [1.807, 2.05) is 0 Å². The first-order valence-corrected chi connectivity index (χ1v) is 8.53. The summed E-state index contributed by atoms with van der Waals surface area (Å²) >= 11 is 0. The number of rotatable bonds is 4. The van der Waals surface area contributed by atoms with Crippen LogP contribution in [0.1, 0.15) is 52.9 Å². The standard InChI is InChI=1S/C17H32N2O/c1-16(2,3)18-11-17(7-4-8-20-13-17)12-19-10-14-5-6-15(19)9-14/h14-15,18H,4-13H2,1-3H3. The molecule has 3 fully saturated rings. The first-order valence-electron chi connectivity index (χ1n) is 8.53. The number of piperidine rings is 1. The Hall–Kier alpha value is -0.120. The summed E-state index contributed by atoms with van der Waals surface area (Å²) < 4.78 is 5.87. The molecule has 2 saturated heterocycles. The normalized spacial score (nSPS) is 38.5. The van der Waals surface area contributed by atoms with Gasteiger partial charge in [0.25, 0.3) is 0 Å². The van der Waals surface area contributed by atoms with Crippen molar-refractivity contribution in [1.82, 2.24) is 10.2 Å². The molecule has 3 aliphatic rings. The van der Waals surface area contributed by atoms with Gasteiger partial charge in [0.05, 0.1) is 6.61 Å². The summed E-state index contributed by atoms with van der Waals surface area (Å²) in [6, 6.07) is 0.883. The summed E-state index contributed by atoms with van der Waals surface area (Å²) in [5, 5.41) is 3.74. The maximum absolute atomic E-state index is 5.87. The van der Waals surface area contributed by atoms with E-state index >= 15 is 0 Å². The van der Waals surface area contributed by atoms with Crippen LogP contribution in [-0.4, -0.2) is 49.3 Å². The van der Waals surface area contributed by atoms with E-state index in [1.54, 1.807) is 0 Å². The van der Waals surface area contributed by atoms with E-state index in [9.17, 15) is 0 Å². The van der Waals surface area contributed by atoms with E-state index in [2.05, 4.69) is 31.0 Å². The molecule has 0 aromatic carbocycles. The van der Waals surface area contributed by atoms with Crippen molar-refractivity contribution < 1.29 is 4.74 Å². The Labute approximate surface area is 124 Å². The number of fused-ring (bicyclic) bond motifs is 2. The Bertz CT molecular complexity index is 330. The van der Waals surface area contributed by atoms with Crippen LogP contribution in [-0.2, 0) is 4.74 Å². The van der Waals surface area contributed by atoms with Crippen LogP contribution in [0, 0.1) is 11.3 Å². The fourth-order valence-electron chi connectivity index (χ4n) is 4.33. The van der Waals surface area contributed by atoms with Crippen molar-refractivity contribution in [2.75, 3.05) is 32.8 Å². The van der Waals surface area contributed by atoms with Gasteiger partial charge in [0.1, 0.15) is 0 Å². The average molecular weight is 280 g/mol. The zero-order valence-corrected chi connectivity index (χ0v) is 13.6. The number of ether oxygens (including phenoxy) is 1. The van der Waals surface area contributed by atoms with Gasteiger partial charge < -0.3 is 10.1 Å². The maximum Gasteiger partial charge on any atom is 0.0546 e. The molecule has 3 unspecified atom stereocenters. The Morgan fingerprint density at radius 1 is 1.30 bits per heavy atom. The number of nitrogens with zero attached hydrogens (tertiary/aromatic N) is 1. The van der Waals surface area contributed by atoms with Crippen molar-refractivity contribution in [3.8, 4) is 0 Å². The zero-order chi connectivity index (χ0) is 14.2. The van der Waals surface area contributed by atoms with Crippen molar-refractivity contribution in [1.29, 1.82) is 0 Å². The van der Waals surface area contributed by atoms with Gasteiger partial charge in [0.15, 0.2) is 0 Å². The third-order valence-corrected chi connectivity index (χ3v) is 5.46. The van der Waals surface area contributed by atoms with Gasteiger partial charge in [-0.15, -0.1) is 0 Å². The molecule has 2 heterocycles. The lowest BCUT2D eigenvalue weighted by molar-refractivity contribution is -0.0331. The zero-order valence-electron chi connectivity index (χ0n) is 13.6. The van der Waals surface area contributed by atoms with Gasteiger partial charge in [-0.25, -0.2) is 0 Å². The molecule has 0 radical (unpaired) electrons. The largest absolute Gasteiger partial charge is 0.381 e. The van der Waals surface area contributed by atoms with E-state index in [0.29, 0.717) is 5.41 Å². The van der Waals surface area contributed by atoms with Crippen molar-refractivity contribution in [2.45, 2.75) is 64.5 Å². The highest BCUT2D eigenvalue weighted by molar-refractivity contribution is 4.97. The van der Waals surface area contributed by atoms with Gasteiger partial charge in [0, 0.05) is 43.2 Å². The molecule has 2 bridgehead atoms. The SMILES string of the molecule is CC(C)(C)NCC1(CN2CC3CCC2C3)CCCOC1. The van der Waals surface area contributed by atoms with E-state index in [-0.39, 0.29) is 5.54 Å². The van der Waals surface area contributed by atoms with Crippen LogP contribution in [0.15, 0.2) is 0 Å². The molecule has 3 atom stereocenters. The molecule has 0 spiro atoms. The van der Waals surface area contributed by atoms with Crippen LogP contribution in [0.4, 0.5) is 0 Å². The van der Waals surface area contributed by atoms with Crippen molar-refractivity contribution in [2.24, 2.45) is 11.3 Å². The second-order valence-corrected chi connectivity index (χ2v) is 8.52. The van der Waals surface area contributed by atoms with Crippen LogP contribution < -0.4 is 5.32 Å². The van der Waals surface area contributed by atoms with Gasteiger partial charge in [-0.3, -0.25) is 4.90 Å². The maximum atomic E-state index is 5.87. The molecule has 0 aromatic rings. The highest BCUT2D eigenvalue weighted by atomic mass is 16.5. The molecule has 0 amide bonds. The van der Waals surface area contributed by atoms with Crippen LogP contribution >= 0.6 is 0 Å². The lowest BCUT2D eigenvalue weighted by Gasteiger charge is -2.43. The Balaban J connectivity index is 1.63. The highest BCUT2D eigenvalue weighted by Crippen LogP contribution is 2.40. The molecule has 1 aliphatic carbocycles. The molecular formula is C17H32N2O. The predicted molar refractivity (Wildman–Crippen MR) is 82.9 cm³/mol. The minimum Gasteiger partial charge on any atom is -0.381 e. The van der Waals surface area contributed by atoms with Gasteiger partial charge in [0.2, 0.25) is 0 Å². The van der Waals surface area contributed by atoms with E-state index < -0.39 is 0 Å². The third-order valence-electron chi connectivity index (χ3n) is 5.46. The van der Waals surface area contributed by atoms with Crippen LogP contribution in [0.5, 0.6) is 0 Å². The van der Waals surface area contributed by atoms with Crippen molar-refractivity contribution >= 4 is 0 Å². The number of hydrogen-bond acceptors (Lipinski definition) is 3. The van der Waals surface area contributed by atoms with E-state index in [0.717, 1.165) is 31.7 Å². The Kier molecular flexibility index (Phi) is 4.13. The van der Waals surface area contributed by atoms with Crippen molar-refractivity contribution in [3.05, 3.63) is 0 Å². The molecule has 3 nitrogen and oxygen atoms in total. The van der Waals surface area contributed by atoms with Gasteiger partial charge in [-0.1, -0.05) is 0 Å². The lowest BCUT2D eigenvalue weighted by atomic mass is 9.80. The summed E-state index contributed by atoms with van der Waals surface area (Å²) in [5.74, 6) is 0.997. The summed E-state index contributed by atoms with van der Waals surface area (Å²) in [6.07, 6.45) is 6.93. The molecule has 1 N–H and O–H groups in total. The monoisotopic (exact) mass is 280 g/mol.